The highest BCUT2D eigenvalue weighted by molar-refractivity contribution is 7.21. The van der Waals surface area contributed by atoms with Crippen LogP contribution in [0.1, 0.15) is 47.3 Å². The summed E-state index contributed by atoms with van der Waals surface area (Å²) in [6.07, 6.45) is 8.73. The maximum atomic E-state index is 14.0. The molecule has 1 aliphatic carbocycles. The first-order valence-electron chi connectivity index (χ1n) is 13.1. The van der Waals surface area contributed by atoms with E-state index >= 15 is 0 Å². The summed E-state index contributed by atoms with van der Waals surface area (Å²) in [5, 5.41) is 14.6. The zero-order valence-corrected chi connectivity index (χ0v) is 23.2. The Morgan fingerprint density at radius 2 is 1.82 bits per heavy atom. The Hall–Kier alpha value is -3.73. The largest absolute Gasteiger partial charge is 0.506 e. The quantitative estimate of drug-likeness (QED) is 0.227. The smallest absolute Gasteiger partial charge is 0.268 e. The maximum absolute atomic E-state index is 14.0. The van der Waals surface area contributed by atoms with Gasteiger partial charge in [-0.1, -0.05) is 37.5 Å². The van der Waals surface area contributed by atoms with E-state index in [0.717, 1.165) is 47.1 Å². The number of rotatable bonds is 8. The SMILES string of the molecule is CN.CNc1ncc(-c2ccc(OCN)c(CN(C(=O)c3sc4ccccc4c3O)C3CCCCC3)c2)cn1. The molecule has 2 aromatic heterocycles. The number of fused-ring (bicyclic) bond motifs is 1. The Balaban J connectivity index is 0.00000172. The predicted octanol–water partition coefficient (Wildman–Crippen LogP) is 4.95. The van der Waals surface area contributed by atoms with Crippen LogP contribution in [0.4, 0.5) is 5.95 Å². The molecule has 9 nitrogen and oxygen atoms in total. The van der Waals surface area contributed by atoms with Gasteiger partial charge in [0.05, 0.1) is 0 Å². The van der Waals surface area contributed by atoms with Gasteiger partial charge < -0.3 is 25.8 Å². The Labute approximate surface area is 232 Å². The van der Waals surface area contributed by atoms with E-state index in [1.807, 2.05) is 47.4 Å². The van der Waals surface area contributed by atoms with Gasteiger partial charge in [0.1, 0.15) is 23.1 Å². The van der Waals surface area contributed by atoms with Crippen molar-refractivity contribution >= 4 is 33.3 Å². The summed E-state index contributed by atoms with van der Waals surface area (Å²) < 4.78 is 6.66. The molecule has 0 bridgehead atoms. The fraction of sp³-hybridized carbons (Fsp3) is 0.345. The molecule has 1 fully saturated rings. The molecule has 2 aromatic carbocycles. The molecule has 0 aliphatic heterocycles. The summed E-state index contributed by atoms with van der Waals surface area (Å²) >= 11 is 1.34. The van der Waals surface area contributed by atoms with Gasteiger partial charge >= 0.3 is 0 Å². The van der Waals surface area contributed by atoms with Crippen molar-refractivity contribution in [2.45, 2.75) is 44.7 Å². The Morgan fingerprint density at radius 1 is 1.10 bits per heavy atom. The normalized spacial score (nSPS) is 13.4. The van der Waals surface area contributed by atoms with Crippen LogP contribution in [0.15, 0.2) is 54.9 Å². The minimum atomic E-state index is -0.156. The third kappa shape index (κ3) is 6.30. The number of carbonyl (C=O) groups excluding carboxylic acids is 1. The lowest BCUT2D eigenvalue weighted by Crippen LogP contribution is -2.40. The second kappa shape index (κ2) is 13.4. The lowest BCUT2D eigenvalue weighted by atomic mass is 9.93. The van der Waals surface area contributed by atoms with E-state index in [-0.39, 0.29) is 24.4 Å². The number of anilines is 1. The maximum Gasteiger partial charge on any atom is 0.268 e. The van der Waals surface area contributed by atoms with E-state index in [9.17, 15) is 9.90 Å². The highest BCUT2D eigenvalue weighted by Gasteiger charge is 2.30. The number of nitrogens with two attached hydrogens (primary N) is 2. The molecule has 0 spiro atoms. The van der Waals surface area contributed by atoms with Crippen LogP contribution in [-0.2, 0) is 6.54 Å². The number of nitrogens with zero attached hydrogens (tertiary/aromatic N) is 3. The molecule has 4 aromatic rings. The zero-order valence-electron chi connectivity index (χ0n) is 22.4. The third-order valence-corrected chi connectivity index (χ3v) is 8.04. The lowest BCUT2D eigenvalue weighted by molar-refractivity contribution is 0.0614. The summed E-state index contributed by atoms with van der Waals surface area (Å²) in [7, 11) is 3.28. The first-order chi connectivity index (χ1) is 19.1. The monoisotopic (exact) mass is 548 g/mol. The van der Waals surface area contributed by atoms with Crippen molar-refractivity contribution in [2.24, 2.45) is 11.5 Å². The van der Waals surface area contributed by atoms with Gasteiger partial charge in [-0.2, -0.15) is 0 Å². The highest BCUT2D eigenvalue weighted by Crippen LogP contribution is 2.39. The Kier molecular flexibility index (Phi) is 9.69. The van der Waals surface area contributed by atoms with Crippen molar-refractivity contribution in [3.63, 3.8) is 0 Å². The second-order valence-electron chi connectivity index (χ2n) is 9.18. The molecule has 39 heavy (non-hydrogen) atoms. The standard InChI is InChI=1S/C28H31N5O3S.CH5N/c1-30-28-31-14-20(15-32-28)18-11-12-23(36-17-29)19(13-18)16-33(21-7-3-2-4-8-21)27(35)26-25(34)22-9-5-6-10-24(22)37-26;1-2/h5-6,9-15,21,34H,2-4,7-8,16-17,29H2,1H3,(H,30,31,32);2H2,1H3. The number of hydrogen-bond donors (Lipinski definition) is 4. The first kappa shape index (κ1) is 28.3. The number of amides is 1. The number of ether oxygens (including phenoxy) is 1. The van der Waals surface area contributed by atoms with Crippen LogP contribution in [0.2, 0.25) is 0 Å². The van der Waals surface area contributed by atoms with Crippen molar-refractivity contribution in [1.82, 2.24) is 14.9 Å². The fourth-order valence-corrected chi connectivity index (χ4v) is 6.02. The molecule has 0 unspecified atom stereocenters. The number of carbonyl (C=O) groups is 1. The molecule has 10 heteroatoms. The minimum Gasteiger partial charge on any atom is -0.506 e. The highest BCUT2D eigenvalue weighted by atomic mass is 32.1. The summed E-state index contributed by atoms with van der Waals surface area (Å²) in [5.41, 5.74) is 12.9. The van der Waals surface area contributed by atoms with Crippen LogP contribution in [-0.4, -0.2) is 52.7 Å². The molecule has 6 N–H and O–H groups in total. The molecule has 0 atom stereocenters. The van der Waals surface area contributed by atoms with E-state index in [1.165, 1.54) is 24.8 Å². The number of aromatic nitrogens is 2. The Morgan fingerprint density at radius 3 is 2.49 bits per heavy atom. The van der Waals surface area contributed by atoms with E-state index in [0.29, 0.717) is 28.5 Å². The van der Waals surface area contributed by atoms with Gasteiger partial charge in [0.15, 0.2) is 0 Å². The molecular weight excluding hydrogens is 512 g/mol. The summed E-state index contributed by atoms with van der Waals surface area (Å²) in [6.45, 7) is 0.372. The van der Waals surface area contributed by atoms with E-state index in [4.69, 9.17) is 10.5 Å². The van der Waals surface area contributed by atoms with Gasteiger partial charge in [-0.15, -0.1) is 11.3 Å². The predicted molar refractivity (Wildman–Crippen MR) is 157 cm³/mol. The molecule has 206 valence electrons. The zero-order chi connectivity index (χ0) is 27.8. The summed E-state index contributed by atoms with van der Waals surface area (Å²) in [4.78, 5) is 25.0. The molecule has 0 saturated heterocycles. The van der Waals surface area contributed by atoms with Crippen molar-refractivity contribution in [2.75, 3.05) is 26.1 Å². The topological polar surface area (TPSA) is 140 Å². The van der Waals surface area contributed by atoms with Gasteiger partial charge in [-0.05, 0) is 49.7 Å². The van der Waals surface area contributed by atoms with Gasteiger partial charge in [-0.25, -0.2) is 9.97 Å². The van der Waals surface area contributed by atoms with Gasteiger partial charge in [-0.3, -0.25) is 10.5 Å². The average Bonchev–Trinajstić information content (AvgIpc) is 3.34. The van der Waals surface area contributed by atoms with Crippen LogP contribution in [0.5, 0.6) is 11.5 Å². The second-order valence-corrected chi connectivity index (χ2v) is 10.2. The molecular formula is C29H36N6O3S. The third-order valence-electron chi connectivity index (χ3n) is 6.89. The van der Waals surface area contributed by atoms with E-state index in [1.54, 1.807) is 19.4 Å². The molecule has 1 saturated carbocycles. The van der Waals surface area contributed by atoms with Crippen LogP contribution in [0.25, 0.3) is 21.2 Å². The number of hydrogen-bond acceptors (Lipinski definition) is 9. The molecule has 0 radical (unpaired) electrons. The first-order valence-corrected chi connectivity index (χ1v) is 14.0. The summed E-state index contributed by atoms with van der Waals surface area (Å²) in [6, 6.07) is 13.5. The number of benzene rings is 2. The van der Waals surface area contributed by atoms with Gasteiger partial charge in [0.25, 0.3) is 5.91 Å². The van der Waals surface area contributed by atoms with Crippen molar-refractivity contribution in [3.8, 4) is 22.6 Å². The Bertz CT molecular complexity index is 1390. The van der Waals surface area contributed by atoms with Gasteiger partial charge in [0, 0.05) is 53.2 Å². The molecule has 5 rings (SSSR count). The number of nitrogens with one attached hydrogen (secondary N) is 1. The van der Waals surface area contributed by atoms with E-state index in [2.05, 4.69) is 21.0 Å². The van der Waals surface area contributed by atoms with E-state index < -0.39 is 0 Å². The average molecular weight is 549 g/mol. The van der Waals surface area contributed by atoms with Gasteiger partial charge in [0.2, 0.25) is 5.95 Å². The van der Waals surface area contributed by atoms with Crippen molar-refractivity contribution < 1.29 is 14.6 Å². The van der Waals surface area contributed by atoms with Crippen LogP contribution >= 0.6 is 11.3 Å². The lowest BCUT2D eigenvalue weighted by Gasteiger charge is -2.34. The molecule has 2 heterocycles. The van der Waals surface area contributed by atoms with Crippen molar-refractivity contribution in [3.05, 3.63) is 65.3 Å². The van der Waals surface area contributed by atoms with Crippen LogP contribution < -0.4 is 21.5 Å². The van der Waals surface area contributed by atoms with Crippen LogP contribution in [0, 0.1) is 0 Å². The number of aromatic hydroxyl groups is 1. The van der Waals surface area contributed by atoms with Crippen molar-refractivity contribution in [1.29, 1.82) is 0 Å². The minimum absolute atomic E-state index is 0.0286. The fourth-order valence-electron chi connectivity index (χ4n) is 4.97. The molecule has 1 aliphatic rings. The van der Waals surface area contributed by atoms with Crippen LogP contribution in [0.3, 0.4) is 0 Å². The summed E-state index contributed by atoms with van der Waals surface area (Å²) in [5.74, 6) is 1.08. The molecule has 1 amide bonds. The number of thiophene rings is 1.